The number of nitrogens with zero attached hydrogens (tertiary/aromatic N) is 1. The van der Waals surface area contributed by atoms with Crippen LogP contribution in [0.2, 0.25) is 0 Å². The molecule has 12 heavy (non-hydrogen) atoms. The van der Waals surface area contributed by atoms with Gasteiger partial charge in [0, 0.05) is 16.5 Å². The second-order valence-electron chi connectivity index (χ2n) is 1.87. The first-order chi connectivity index (χ1) is 5.65. The minimum atomic E-state index is -1.26. The molecule has 0 unspecified atom stereocenters. The summed E-state index contributed by atoms with van der Waals surface area (Å²) in [7, 11) is 0. The van der Waals surface area contributed by atoms with Gasteiger partial charge < -0.3 is 0 Å². The van der Waals surface area contributed by atoms with Gasteiger partial charge in [-0.25, -0.2) is 4.79 Å². The quantitative estimate of drug-likeness (QED) is 0.334. The number of carbonyl (C=O) groups excluding carboxylic acids is 3. The molecule has 8 heteroatoms. The Balaban J connectivity index is 2.73. The van der Waals surface area contributed by atoms with Crippen molar-refractivity contribution >= 4 is 29.8 Å². The van der Waals surface area contributed by atoms with Gasteiger partial charge in [0.2, 0.25) is 0 Å². The normalized spacial score (nSPS) is 18.5. The fourth-order valence-corrected chi connectivity index (χ4v) is 1.04. The lowest BCUT2D eigenvalue weighted by atomic mass is 10.3. The monoisotopic (exact) mass is 189 g/mol. The van der Waals surface area contributed by atoms with Crippen LogP contribution in [-0.4, -0.2) is 23.1 Å². The lowest BCUT2D eigenvalue weighted by molar-refractivity contribution is -0.128. The number of imide groups is 2. The summed E-state index contributed by atoms with van der Waals surface area (Å²) in [5, 5.41) is 2.37. The maximum absolute atomic E-state index is 10.8. The number of nitroso groups, excluding NO2 is 1. The highest BCUT2D eigenvalue weighted by molar-refractivity contribution is 8.00. The van der Waals surface area contributed by atoms with E-state index in [-0.39, 0.29) is 11.9 Å². The fourth-order valence-electron chi connectivity index (χ4n) is 0.644. The highest BCUT2D eigenvalue weighted by atomic mass is 32.2. The van der Waals surface area contributed by atoms with Crippen LogP contribution in [0.15, 0.2) is 4.58 Å². The molecule has 4 amide bonds. The van der Waals surface area contributed by atoms with Gasteiger partial charge in [-0.15, -0.1) is 4.91 Å². The van der Waals surface area contributed by atoms with Gasteiger partial charge in [0.05, 0.1) is 0 Å². The third-order valence-electron chi connectivity index (χ3n) is 1.10. The molecule has 1 fully saturated rings. The average Bonchev–Trinajstić information content (AvgIpc) is 1.96. The Bertz CT molecular complexity index is 245. The van der Waals surface area contributed by atoms with Crippen LogP contribution < -0.4 is 10.6 Å². The molecule has 0 radical (unpaired) electrons. The summed E-state index contributed by atoms with van der Waals surface area (Å²) in [6, 6.07) is -0.882. The van der Waals surface area contributed by atoms with Gasteiger partial charge in [0.1, 0.15) is 0 Å². The molecule has 1 heterocycles. The second-order valence-corrected chi connectivity index (χ2v) is 2.70. The molecule has 0 spiro atoms. The lowest BCUT2D eigenvalue weighted by Gasteiger charge is -2.16. The molecular formula is C4H3N3O4S. The molecule has 0 aromatic heterocycles. The average molecular weight is 189 g/mol. The van der Waals surface area contributed by atoms with E-state index in [2.05, 4.69) is 4.58 Å². The van der Waals surface area contributed by atoms with Crippen molar-refractivity contribution in [3.05, 3.63) is 4.91 Å². The third-order valence-corrected chi connectivity index (χ3v) is 1.82. The molecular weight excluding hydrogens is 186 g/mol. The summed E-state index contributed by atoms with van der Waals surface area (Å²) in [5.41, 5.74) is 0. The standard InChI is InChI=1S/C4H3N3O4S/c8-2-1(12-7-11)3(9)6-4(10)5-2/h1H,(H2,5,6,8,9,10). The molecule has 1 rings (SSSR count). The number of rotatable bonds is 2. The summed E-state index contributed by atoms with van der Waals surface area (Å²) < 4.78 is 2.32. The largest absolute Gasteiger partial charge is 0.328 e. The summed E-state index contributed by atoms with van der Waals surface area (Å²) in [6.45, 7) is 0. The number of nitrogens with one attached hydrogen (secondary N) is 2. The molecule has 0 aromatic carbocycles. The molecule has 1 aliphatic heterocycles. The SMILES string of the molecule is O=NSC1C(=O)NC(=O)NC1=O. The Morgan fingerprint density at radius 2 is 1.67 bits per heavy atom. The third kappa shape index (κ3) is 1.59. The van der Waals surface area contributed by atoms with Crippen LogP contribution in [-0.2, 0) is 9.59 Å². The van der Waals surface area contributed by atoms with Gasteiger partial charge in [-0.1, -0.05) is 0 Å². The van der Waals surface area contributed by atoms with E-state index < -0.39 is 23.1 Å². The minimum Gasteiger partial charge on any atom is -0.276 e. The van der Waals surface area contributed by atoms with Crippen LogP contribution in [0.3, 0.4) is 0 Å². The first-order valence-electron chi connectivity index (χ1n) is 2.79. The van der Waals surface area contributed by atoms with Crippen LogP contribution in [0.5, 0.6) is 0 Å². The topological polar surface area (TPSA) is 105 Å². The van der Waals surface area contributed by atoms with Crippen LogP contribution in [0.1, 0.15) is 0 Å². The Morgan fingerprint density at radius 3 is 2.08 bits per heavy atom. The molecule has 0 saturated carbocycles. The van der Waals surface area contributed by atoms with Gasteiger partial charge in [-0.05, 0) is 0 Å². The smallest absolute Gasteiger partial charge is 0.276 e. The maximum Gasteiger partial charge on any atom is 0.328 e. The number of barbiturate groups is 1. The van der Waals surface area contributed by atoms with E-state index in [0.717, 1.165) is 0 Å². The van der Waals surface area contributed by atoms with Crippen molar-refractivity contribution in [2.45, 2.75) is 5.25 Å². The van der Waals surface area contributed by atoms with E-state index in [1.807, 2.05) is 10.6 Å². The van der Waals surface area contributed by atoms with Gasteiger partial charge in [-0.3, -0.25) is 20.2 Å². The summed E-state index contributed by atoms with van der Waals surface area (Å²) in [4.78, 5) is 41.8. The maximum atomic E-state index is 10.8. The van der Waals surface area contributed by atoms with Crippen LogP contribution in [0.25, 0.3) is 0 Å². The number of carbonyl (C=O) groups is 3. The highest BCUT2D eigenvalue weighted by Gasteiger charge is 2.35. The summed E-state index contributed by atoms with van der Waals surface area (Å²) >= 11 is 0.264. The van der Waals surface area contributed by atoms with E-state index in [4.69, 9.17) is 0 Å². The van der Waals surface area contributed by atoms with Gasteiger partial charge in [-0.2, -0.15) is 0 Å². The minimum absolute atomic E-state index is 0.264. The van der Waals surface area contributed by atoms with Crippen LogP contribution in [0, 0.1) is 4.91 Å². The zero-order valence-electron chi connectivity index (χ0n) is 5.57. The molecule has 2 N–H and O–H groups in total. The Hall–Kier alpha value is -1.44. The van der Waals surface area contributed by atoms with E-state index in [0.29, 0.717) is 0 Å². The Labute approximate surface area is 70.4 Å². The molecule has 1 saturated heterocycles. The van der Waals surface area contributed by atoms with Crippen molar-refractivity contribution in [1.29, 1.82) is 0 Å². The van der Waals surface area contributed by atoms with Gasteiger partial charge >= 0.3 is 6.03 Å². The van der Waals surface area contributed by atoms with Gasteiger partial charge in [0.25, 0.3) is 11.8 Å². The first-order valence-corrected chi connectivity index (χ1v) is 3.63. The predicted molar refractivity (Wildman–Crippen MR) is 38.9 cm³/mol. The number of hydrogen-bond acceptors (Lipinski definition) is 6. The van der Waals surface area contributed by atoms with E-state index in [9.17, 15) is 19.3 Å². The predicted octanol–water partition coefficient (Wildman–Crippen LogP) is -0.864. The van der Waals surface area contributed by atoms with E-state index in [1.54, 1.807) is 0 Å². The number of hydrogen-bond donors (Lipinski definition) is 2. The fraction of sp³-hybridized carbons (Fsp3) is 0.250. The van der Waals surface area contributed by atoms with Crippen molar-refractivity contribution in [2.24, 2.45) is 4.58 Å². The van der Waals surface area contributed by atoms with E-state index in [1.165, 1.54) is 0 Å². The molecule has 7 nitrogen and oxygen atoms in total. The molecule has 0 atom stereocenters. The van der Waals surface area contributed by atoms with Crippen molar-refractivity contribution in [3.8, 4) is 0 Å². The zero-order valence-corrected chi connectivity index (χ0v) is 6.38. The molecule has 0 aromatic rings. The van der Waals surface area contributed by atoms with Crippen LogP contribution >= 0.6 is 11.9 Å². The lowest BCUT2D eigenvalue weighted by Crippen LogP contribution is -2.57. The number of urea groups is 1. The second kappa shape index (κ2) is 3.30. The van der Waals surface area contributed by atoms with Crippen molar-refractivity contribution in [1.82, 2.24) is 10.6 Å². The van der Waals surface area contributed by atoms with Crippen molar-refractivity contribution in [3.63, 3.8) is 0 Å². The Morgan fingerprint density at radius 1 is 1.17 bits per heavy atom. The molecule has 1 aliphatic rings. The summed E-state index contributed by atoms with van der Waals surface area (Å²) in [5.74, 6) is -1.65. The molecule has 0 bridgehead atoms. The van der Waals surface area contributed by atoms with Crippen molar-refractivity contribution < 1.29 is 14.4 Å². The van der Waals surface area contributed by atoms with Crippen LogP contribution in [0.4, 0.5) is 4.79 Å². The molecule has 64 valence electrons. The highest BCUT2D eigenvalue weighted by Crippen LogP contribution is 2.13. The van der Waals surface area contributed by atoms with Crippen molar-refractivity contribution in [2.75, 3.05) is 0 Å². The number of amides is 4. The first kappa shape index (κ1) is 8.65. The van der Waals surface area contributed by atoms with Gasteiger partial charge in [0.15, 0.2) is 5.25 Å². The summed E-state index contributed by atoms with van der Waals surface area (Å²) in [6.07, 6.45) is 0. The molecule has 0 aliphatic carbocycles. The Kier molecular flexibility index (Phi) is 2.38. The van der Waals surface area contributed by atoms with E-state index >= 15 is 0 Å². The zero-order chi connectivity index (χ0) is 9.14.